The van der Waals surface area contributed by atoms with Gasteiger partial charge >= 0.3 is 0 Å². The third-order valence-corrected chi connectivity index (χ3v) is 8.91. The lowest BCUT2D eigenvalue weighted by Crippen LogP contribution is -2.51. The number of aromatic nitrogens is 2. The van der Waals surface area contributed by atoms with E-state index in [0.29, 0.717) is 58.5 Å². The van der Waals surface area contributed by atoms with Gasteiger partial charge in [-0.3, -0.25) is 14.4 Å². The molecule has 2 aliphatic rings. The summed E-state index contributed by atoms with van der Waals surface area (Å²) in [5.74, 6) is 0.540. The standard InChI is InChI=1S/C26H40N6O4S/c1-5-11-31-20-22(26(33)30-14-12-28(13-15-30)21(3)4)25(27-31)37(34,35)32-18-16-29(17-19-32)23-9-7-8-10-24(23)36-6-2/h7-10,20-21H,5-6,11-19H2,1-4H3. The van der Waals surface area contributed by atoms with Crippen LogP contribution in [0.3, 0.4) is 0 Å². The minimum absolute atomic E-state index is 0.125. The Balaban J connectivity index is 1.52. The molecule has 1 amide bonds. The van der Waals surface area contributed by atoms with Crippen molar-refractivity contribution in [3.05, 3.63) is 36.0 Å². The molecule has 37 heavy (non-hydrogen) atoms. The molecule has 4 rings (SSSR count). The molecule has 0 saturated carbocycles. The number of anilines is 1. The van der Waals surface area contributed by atoms with Crippen LogP contribution in [0.4, 0.5) is 5.69 Å². The van der Waals surface area contributed by atoms with Gasteiger partial charge < -0.3 is 14.5 Å². The number of benzene rings is 1. The molecule has 0 bridgehead atoms. The summed E-state index contributed by atoms with van der Waals surface area (Å²) >= 11 is 0. The Labute approximate surface area is 220 Å². The first-order chi connectivity index (χ1) is 17.8. The molecular weight excluding hydrogens is 492 g/mol. The second-order valence-electron chi connectivity index (χ2n) is 9.82. The molecule has 0 aliphatic carbocycles. The maximum absolute atomic E-state index is 13.8. The zero-order valence-electron chi connectivity index (χ0n) is 22.5. The van der Waals surface area contributed by atoms with Gasteiger partial charge in [0.2, 0.25) is 5.03 Å². The number of para-hydroxylation sites is 2. The maximum Gasteiger partial charge on any atom is 0.263 e. The van der Waals surface area contributed by atoms with Crippen molar-refractivity contribution >= 4 is 21.6 Å². The number of carbonyl (C=O) groups excluding carboxylic acids is 1. The quantitative estimate of drug-likeness (QED) is 0.490. The van der Waals surface area contributed by atoms with E-state index in [1.807, 2.05) is 38.1 Å². The Morgan fingerprint density at radius 3 is 2.30 bits per heavy atom. The van der Waals surface area contributed by atoms with Gasteiger partial charge in [-0.25, -0.2) is 8.42 Å². The topological polar surface area (TPSA) is 91.2 Å². The van der Waals surface area contributed by atoms with Crippen molar-refractivity contribution in [2.75, 3.05) is 63.9 Å². The van der Waals surface area contributed by atoms with Crippen LogP contribution >= 0.6 is 0 Å². The summed E-state index contributed by atoms with van der Waals surface area (Å²) in [6.45, 7) is 13.7. The highest BCUT2D eigenvalue weighted by molar-refractivity contribution is 7.89. The maximum atomic E-state index is 13.8. The van der Waals surface area contributed by atoms with Crippen LogP contribution in [0.5, 0.6) is 5.75 Å². The summed E-state index contributed by atoms with van der Waals surface area (Å²) in [4.78, 5) is 19.8. The number of ether oxygens (including phenoxy) is 1. The smallest absolute Gasteiger partial charge is 0.263 e. The van der Waals surface area contributed by atoms with Gasteiger partial charge in [-0.15, -0.1) is 0 Å². The van der Waals surface area contributed by atoms with E-state index in [-0.39, 0.29) is 16.5 Å². The van der Waals surface area contributed by atoms with Crippen molar-refractivity contribution in [3.8, 4) is 5.75 Å². The molecule has 0 atom stereocenters. The minimum atomic E-state index is -3.94. The highest BCUT2D eigenvalue weighted by Gasteiger charge is 2.37. The number of nitrogens with zero attached hydrogens (tertiary/aromatic N) is 6. The molecule has 1 aromatic heterocycles. The molecule has 2 aromatic rings. The summed E-state index contributed by atoms with van der Waals surface area (Å²) in [6, 6.07) is 8.24. The molecule has 0 N–H and O–H groups in total. The van der Waals surface area contributed by atoms with E-state index in [0.717, 1.165) is 30.9 Å². The van der Waals surface area contributed by atoms with Crippen LogP contribution in [0, 0.1) is 0 Å². The first-order valence-electron chi connectivity index (χ1n) is 13.3. The zero-order valence-corrected chi connectivity index (χ0v) is 23.3. The lowest BCUT2D eigenvalue weighted by atomic mass is 10.2. The fraction of sp³-hybridized carbons (Fsp3) is 0.615. The van der Waals surface area contributed by atoms with Gasteiger partial charge in [-0.05, 0) is 39.3 Å². The molecule has 3 heterocycles. The fourth-order valence-corrected chi connectivity index (χ4v) is 6.50. The van der Waals surface area contributed by atoms with Crippen LogP contribution in [-0.2, 0) is 16.6 Å². The Morgan fingerprint density at radius 2 is 1.68 bits per heavy atom. The Morgan fingerprint density at radius 1 is 1.00 bits per heavy atom. The van der Waals surface area contributed by atoms with Gasteiger partial charge in [0, 0.05) is 71.1 Å². The Kier molecular flexibility index (Phi) is 8.76. The molecular formula is C26H40N6O4S. The molecule has 0 unspecified atom stereocenters. The van der Waals surface area contributed by atoms with E-state index in [4.69, 9.17) is 4.74 Å². The summed E-state index contributed by atoms with van der Waals surface area (Å²) in [5.41, 5.74) is 1.14. The van der Waals surface area contributed by atoms with Crippen molar-refractivity contribution < 1.29 is 17.9 Å². The molecule has 204 valence electrons. The minimum Gasteiger partial charge on any atom is -0.492 e. The fourth-order valence-electron chi connectivity index (χ4n) is 4.98. The number of amides is 1. The van der Waals surface area contributed by atoms with E-state index >= 15 is 0 Å². The zero-order chi connectivity index (χ0) is 26.6. The van der Waals surface area contributed by atoms with Crippen molar-refractivity contribution in [3.63, 3.8) is 0 Å². The van der Waals surface area contributed by atoms with Gasteiger partial charge in [0.15, 0.2) is 0 Å². The van der Waals surface area contributed by atoms with Gasteiger partial charge in [-0.2, -0.15) is 9.40 Å². The summed E-state index contributed by atoms with van der Waals surface area (Å²) in [6.07, 6.45) is 2.40. The second-order valence-corrected chi connectivity index (χ2v) is 11.7. The first kappa shape index (κ1) is 27.4. The lowest BCUT2D eigenvalue weighted by Gasteiger charge is -2.37. The predicted octanol–water partition coefficient (Wildman–Crippen LogP) is 2.37. The van der Waals surface area contributed by atoms with E-state index in [9.17, 15) is 13.2 Å². The van der Waals surface area contributed by atoms with Crippen LogP contribution in [0.1, 0.15) is 44.5 Å². The number of piperazine rings is 2. The number of aryl methyl sites for hydroxylation is 1. The predicted molar refractivity (Wildman–Crippen MR) is 144 cm³/mol. The third-order valence-electron chi connectivity index (χ3n) is 7.07. The highest BCUT2D eigenvalue weighted by Crippen LogP contribution is 2.30. The molecule has 2 aliphatic heterocycles. The Bertz CT molecular complexity index is 1170. The average molecular weight is 533 g/mol. The summed E-state index contributed by atoms with van der Waals surface area (Å²) in [7, 11) is -3.94. The van der Waals surface area contributed by atoms with E-state index in [2.05, 4.69) is 28.7 Å². The highest BCUT2D eigenvalue weighted by atomic mass is 32.2. The number of hydrogen-bond acceptors (Lipinski definition) is 7. The molecule has 2 saturated heterocycles. The Hall–Kier alpha value is -2.63. The van der Waals surface area contributed by atoms with Crippen molar-refractivity contribution in [1.29, 1.82) is 0 Å². The van der Waals surface area contributed by atoms with Crippen LogP contribution < -0.4 is 9.64 Å². The van der Waals surface area contributed by atoms with Gasteiger partial charge in [0.25, 0.3) is 15.9 Å². The van der Waals surface area contributed by atoms with Crippen molar-refractivity contribution in [2.45, 2.75) is 51.7 Å². The summed E-state index contributed by atoms with van der Waals surface area (Å²) < 4.78 is 36.4. The number of rotatable bonds is 9. The molecule has 1 aromatic carbocycles. The molecule has 11 heteroatoms. The van der Waals surface area contributed by atoms with Crippen molar-refractivity contribution in [2.24, 2.45) is 0 Å². The molecule has 10 nitrogen and oxygen atoms in total. The second kappa shape index (κ2) is 11.8. The van der Waals surface area contributed by atoms with Gasteiger partial charge in [-0.1, -0.05) is 19.1 Å². The van der Waals surface area contributed by atoms with Gasteiger partial charge in [0.1, 0.15) is 5.75 Å². The van der Waals surface area contributed by atoms with E-state index in [1.165, 1.54) is 4.31 Å². The van der Waals surface area contributed by atoms with E-state index < -0.39 is 10.0 Å². The molecule has 2 fully saturated rings. The average Bonchev–Trinajstić information content (AvgIpc) is 3.34. The molecule has 0 radical (unpaired) electrons. The monoisotopic (exact) mass is 532 g/mol. The number of sulfonamides is 1. The van der Waals surface area contributed by atoms with Crippen LogP contribution in [0.15, 0.2) is 35.5 Å². The largest absolute Gasteiger partial charge is 0.492 e. The van der Waals surface area contributed by atoms with Gasteiger partial charge in [0.05, 0.1) is 17.9 Å². The van der Waals surface area contributed by atoms with Crippen LogP contribution in [-0.4, -0.2) is 103 Å². The molecule has 0 spiro atoms. The van der Waals surface area contributed by atoms with Crippen LogP contribution in [0.25, 0.3) is 0 Å². The third kappa shape index (κ3) is 5.94. The van der Waals surface area contributed by atoms with Crippen molar-refractivity contribution in [1.82, 2.24) is 23.9 Å². The normalized spacial score (nSPS) is 18.0. The van der Waals surface area contributed by atoms with Crippen LogP contribution in [0.2, 0.25) is 0 Å². The SMILES string of the molecule is CCCn1cc(C(=O)N2CCN(C(C)C)CC2)c(S(=O)(=O)N2CCN(c3ccccc3OCC)CC2)n1. The summed E-state index contributed by atoms with van der Waals surface area (Å²) in [5, 5.41) is 4.29. The number of carbonyl (C=O) groups is 1. The first-order valence-corrected chi connectivity index (χ1v) is 14.8. The number of hydrogen-bond donors (Lipinski definition) is 0. The lowest BCUT2D eigenvalue weighted by molar-refractivity contribution is 0.0591. The van der Waals surface area contributed by atoms with E-state index in [1.54, 1.807) is 15.8 Å².